The van der Waals surface area contributed by atoms with Gasteiger partial charge in [-0.05, 0) is 44.4 Å². The van der Waals surface area contributed by atoms with Crippen molar-refractivity contribution in [2.24, 2.45) is 17.6 Å². The van der Waals surface area contributed by atoms with Crippen LogP contribution >= 0.6 is 0 Å². The van der Waals surface area contributed by atoms with Gasteiger partial charge in [-0.25, -0.2) is 0 Å². The van der Waals surface area contributed by atoms with E-state index in [2.05, 4.69) is 0 Å². The van der Waals surface area contributed by atoms with Crippen molar-refractivity contribution in [1.82, 2.24) is 0 Å². The number of hydrogen-bond acceptors (Lipinski definition) is 2. The van der Waals surface area contributed by atoms with E-state index in [9.17, 15) is 13.2 Å². The van der Waals surface area contributed by atoms with Gasteiger partial charge in [0.25, 0.3) is 0 Å². The summed E-state index contributed by atoms with van der Waals surface area (Å²) in [6.45, 7) is 0.672. The lowest BCUT2D eigenvalue weighted by atomic mass is 9.77. The second kappa shape index (κ2) is 6.59. The molecule has 1 unspecified atom stereocenters. The van der Waals surface area contributed by atoms with Crippen molar-refractivity contribution in [2.45, 2.75) is 50.7 Å². The smallest absolute Gasteiger partial charge is 0.385 e. The lowest BCUT2D eigenvalue weighted by Gasteiger charge is -2.33. The van der Waals surface area contributed by atoms with Crippen LogP contribution in [0.25, 0.3) is 0 Å². The van der Waals surface area contributed by atoms with Crippen molar-refractivity contribution in [3.05, 3.63) is 0 Å². The normalized spacial score (nSPS) is 28.1. The second-order valence-corrected chi connectivity index (χ2v) is 4.95. The maximum absolute atomic E-state index is 12.5. The molecule has 0 aromatic carbocycles. The van der Waals surface area contributed by atoms with E-state index in [1.165, 1.54) is 0 Å². The quantitative estimate of drug-likeness (QED) is 0.764. The highest BCUT2D eigenvalue weighted by Crippen LogP contribution is 2.40. The van der Waals surface area contributed by atoms with Gasteiger partial charge in [-0.2, -0.15) is 13.2 Å². The molecule has 2 nitrogen and oxygen atoms in total. The molecule has 0 bridgehead atoms. The zero-order chi connectivity index (χ0) is 12.9. The van der Waals surface area contributed by atoms with Crippen molar-refractivity contribution in [2.75, 3.05) is 13.7 Å². The van der Waals surface area contributed by atoms with Gasteiger partial charge in [-0.3, -0.25) is 0 Å². The lowest BCUT2D eigenvalue weighted by Crippen LogP contribution is -2.36. The Morgan fingerprint density at radius 2 is 1.82 bits per heavy atom. The molecule has 0 heterocycles. The summed E-state index contributed by atoms with van der Waals surface area (Å²) in [5.41, 5.74) is 6.01. The van der Waals surface area contributed by atoms with E-state index in [-0.39, 0.29) is 24.8 Å². The molecule has 1 fully saturated rings. The van der Waals surface area contributed by atoms with Crippen LogP contribution in [-0.4, -0.2) is 25.9 Å². The highest BCUT2D eigenvalue weighted by atomic mass is 19.4. The van der Waals surface area contributed by atoms with E-state index in [0.717, 1.165) is 12.8 Å². The third kappa shape index (κ3) is 4.84. The van der Waals surface area contributed by atoms with Gasteiger partial charge in [0.05, 0.1) is 5.92 Å². The Labute approximate surface area is 101 Å². The summed E-state index contributed by atoms with van der Waals surface area (Å²) in [5.74, 6) is -0.851. The first-order chi connectivity index (χ1) is 7.95. The maximum atomic E-state index is 12.5. The van der Waals surface area contributed by atoms with Gasteiger partial charge >= 0.3 is 6.18 Å². The summed E-state index contributed by atoms with van der Waals surface area (Å²) >= 11 is 0. The van der Waals surface area contributed by atoms with Gasteiger partial charge in [0, 0.05) is 19.8 Å². The standard InChI is InChI=1S/C12H22F3NO/c1-17-8-2-3-11(16)9-4-6-10(7-5-9)12(13,14)15/h9-11H,2-8,16H2,1H3. The second-order valence-electron chi connectivity index (χ2n) is 4.95. The van der Waals surface area contributed by atoms with Crippen molar-refractivity contribution in [1.29, 1.82) is 0 Å². The van der Waals surface area contributed by atoms with Crippen LogP contribution in [0.1, 0.15) is 38.5 Å². The van der Waals surface area contributed by atoms with Crippen LogP contribution in [-0.2, 0) is 4.74 Å². The number of ether oxygens (including phenoxy) is 1. The minimum atomic E-state index is -4.02. The molecule has 0 amide bonds. The first kappa shape index (κ1) is 14.8. The maximum Gasteiger partial charge on any atom is 0.391 e. The molecule has 1 aliphatic carbocycles. The Bertz CT molecular complexity index is 212. The molecule has 0 saturated heterocycles. The third-order valence-electron chi connectivity index (χ3n) is 3.73. The predicted molar refractivity (Wildman–Crippen MR) is 60.6 cm³/mol. The van der Waals surface area contributed by atoms with Gasteiger partial charge < -0.3 is 10.5 Å². The van der Waals surface area contributed by atoms with E-state index >= 15 is 0 Å². The van der Waals surface area contributed by atoms with Crippen molar-refractivity contribution in [3.63, 3.8) is 0 Å². The fourth-order valence-electron chi connectivity index (χ4n) is 2.57. The van der Waals surface area contributed by atoms with E-state index in [1.807, 2.05) is 0 Å². The van der Waals surface area contributed by atoms with Crippen LogP contribution in [0.15, 0.2) is 0 Å². The molecule has 0 aromatic rings. The largest absolute Gasteiger partial charge is 0.391 e. The van der Waals surface area contributed by atoms with Crippen LogP contribution in [0.5, 0.6) is 0 Å². The van der Waals surface area contributed by atoms with E-state index in [4.69, 9.17) is 10.5 Å². The molecule has 102 valence electrons. The minimum Gasteiger partial charge on any atom is -0.385 e. The highest BCUT2D eigenvalue weighted by molar-refractivity contribution is 4.82. The summed E-state index contributed by atoms with van der Waals surface area (Å²) < 4.78 is 42.3. The first-order valence-corrected chi connectivity index (χ1v) is 6.26. The molecule has 0 aliphatic heterocycles. The topological polar surface area (TPSA) is 35.2 Å². The number of methoxy groups -OCH3 is 1. The van der Waals surface area contributed by atoms with Crippen molar-refractivity contribution < 1.29 is 17.9 Å². The molecule has 1 aliphatic rings. The average Bonchev–Trinajstić information content (AvgIpc) is 2.28. The minimum absolute atomic E-state index is 0.0272. The third-order valence-corrected chi connectivity index (χ3v) is 3.73. The number of halogens is 3. The van der Waals surface area contributed by atoms with Gasteiger partial charge in [0.2, 0.25) is 0 Å². The Hall–Kier alpha value is -0.290. The number of nitrogens with two attached hydrogens (primary N) is 1. The molecule has 1 saturated carbocycles. The summed E-state index contributed by atoms with van der Waals surface area (Å²) in [5, 5.41) is 0. The average molecular weight is 253 g/mol. The molecule has 2 N–H and O–H groups in total. The van der Waals surface area contributed by atoms with Gasteiger partial charge in [-0.15, -0.1) is 0 Å². The number of hydrogen-bond donors (Lipinski definition) is 1. The number of alkyl halides is 3. The Balaban J connectivity index is 2.26. The Morgan fingerprint density at radius 3 is 2.29 bits per heavy atom. The van der Waals surface area contributed by atoms with Crippen molar-refractivity contribution >= 4 is 0 Å². The predicted octanol–water partition coefficient (Wildman–Crippen LogP) is 3.11. The summed E-state index contributed by atoms with van der Waals surface area (Å²) in [7, 11) is 1.64. The molecule has 5 heteroatoms. The van der Waals surface area contributed by atoms with Crippen LogP contribution in [0.3, 0.4) is 0 Å². The van der Waals surface area contributed by atoms with Gasteiger partial charge in [0.15, 0.2) is 0 Å². The zero-order valence-corrected chi connectivity index (χ0v) is 10.3. The van der Waals surface area contributed by atoms with E-state index in [0.29, 0.717) is 19.4 Å². The van der Waals surface area contributed by atoms with Gasteiger partial charge in [0.1, 0.15) is 0 Å². The SMILES string of the molecule is COCCCC(N)C1CCC(C(F)(F)F)CC1. The summed E-state index contributed by atoms with van der Waals surface area (Å²) in [4.78, 5) is 0. The monoisotopic (exact) mass is 253 g/mol. The van der Waals surface area contributed by atoms with Crippen LogP contribution < -0.4 is 5.73 Å². The Kier molecular flexibility index (Phi) is 5.73. The molecular weight excluding hydrogens is 231 g/mol. The van der Waals surface area contributed by atoms with E-state index < -0.39 is 12.1 Å². The molecule has 0 radical (unpaired) electrons. The van der Waals surface area contributed by atoms with Crippen LogP contribution in [0.2, 0.25) is 0 Å². The summed E-state index contributed by atoms with van der Waals surface area (Å²) in [6.07, 6.45) is -0.591. The fourth-order valence-corrected chi connectivity index (χ4v) is 2.57. The van der Waals surface area contributed by atoms with Gasteiger partial charge in [-0.1, -0.05) is 0 Å². The molecule has 1 rings (SSSR count). The summed E-state index contributed by atoms with van der Waals surface area (Å²) in [6, 6.07) is 0.0272. The molecule has 17 heavy (non-hydrogen) atoms. The fraction of sp³-hybridized carbons (Fsp3) is 1.00. The number of rotatable bonds is 5. The molecular formula is C12H22F3NO. The highest BCUT2D eigenvalue weighted by Gasteiger charge is 2.41. The van der Waals surface area contributed by atoms with Crippen molar-refractivity contribution in [3.8, 4) is 0 Å². The lowest BCUT2D eigenvalue weighted by molar-refractivity contribution is -0.184. The van der Waals surface area contributed by atoms with Crippen LogP contribution in [0.4, 0.5) is 13.2 Å². The van der Waals surface area contributed by atoms with Crippen LogP contribution in [0, 0.1) is 11.8 Å². The molecule has 1 atom stereocenters. The first-order valence-electron chi connectivity index (χ1n) is 6.26. The zero-order valence-electron chi connectivity index (χ0n) is 10.3. The van der Waals surface area contributed by atoms with E-state index in [1.54, 1.807) is 7.11 Å². The molecule has 0 aromatic heterocycles. The Morgan fingerprint density at radius 1 is 1.24 bits per heavy atom. The molecule has 0 spiro atoms.